The minimum atomic E-state index is -0.326. The quantitative estimate of drug-likeness (QED) is 0.346. The number of carbonyl (C=O) groups is 1. The monoisotopic (exact) mass is 171 g/mol. The number of rotatable bonds is 6. The number of ether oxygens (including phenoxy) is 2. The second-order valence-electron chi connectivity index (χ2n) is 2.46. The maximum Gasteiger partial charge on any atom is 0.333 e. The zero-order chi connectivity index (χ0) is 9.40. The van der Waals surface area contributed by atoms with Gasteiger partial charge in [-0.1, -0.05) is 6.58 Å². The van der Waals surface area contributed by atoms with E-state index in [-0.39, 0.29) is 5.97 Å². The van der Waals surface area contributed by atoms with Gasteiger partial charge in [0.25, 0.3) is 0 Å². The minimum Gasteiger partial charge on any atom is -0.462 e. The molecule has 3 heteroatoms. The highest BCUT2D eigenvalue weighted by molar-refractivity contribution is 5.86. The zero-order valence-electron chi connectivity index (χ0n) is 7.63. The van der Waals surface area contributed by atoms with Crippen LogP contribution in [0.2, 0.25) is 0 Å². The van der Waals surface area contributed by atoms with Crippen molar-refractivity contribution in [1.29, 1.82) is 0 Å². The van der Waals surface area contributed by atoms with Gasteiger partial charge in [0.15, 0.2) is 0 Å². The maximum atomic E-state index is 10.8. The SMILES string of the molecule is C=C(C)C(=O)OCCC[CH]OC. The van der Waals surface area contributed by atoms with Gasteiger partial charge in [0, 0.05) is 12.7 Å². The van der Waals surface area contributed by atoms with Crippen LogP contribution in [0.15, 0.2) is 12.2 Å². The van der Waals surface area contributed by atoms with E-state index in [2.05, 4.69) is 6.58 Å². The number of esters is 1. The number of carbonyl (C=O) groups excluding carboxylic acids is 1. The Bertz CT molecular complexity index is 152. The Hall–Kier alpha value is -0.830. The van der Waals surface area contributed by atoms with Gasteiger partial charge in [-0.3, -0.25) is 0 Å². The Morgan fingerprint density at radius 3 is 2.75 bits per heavy atom. The summed E-state index contributed by atoms with van der Waals surface area (Å²) in [5.41, 5.74) is 0.436. The Morgan fingerprint density at radius 2 is 2.25 bits per heavy atom. The maximum absolute atomic E-state index is 10.8. The van der Waals surface area contributed by atoms with Crippen molar-refractivity contribution in [3.8, 4) is 0 Å². The van der Waals surface area contributed by atoms with E-state index in [9.17, 15) is 4.79 Å². The molecule has 0 spiro atoms. The van der Waals surface area contributed by atoms with Gasteiger partial charge in [0.2, 0.25) is 0 Å². The molecule has 0 aliphatic rings. The molecule has 0 saturated carbocycles. The van der Waals surface area contributed by atoms with Gasteiger partial charge in [0.05, 0.1) is 13.2 Å². The van der Waals surface area contributed by atoms with Gasteiger partial charge < -0.3 is 9.47 Å². The number of methoxy groups -OCH3 is 1. The molecule has 0 aliphatic carbocycles. The lowest BCUT2D eigenvalue weighted by molar-refractivity contribution is -0.139. The van der Waals surface area contributed by atoms with Crippen molar-refractivity contribution in [2.24, 2.45) is 0 Å². The highest BCUT2D eigenvalue weighted by Crippen LogP contribution is 1.97. The van der Waals surface area contributed by atoms with Crippen molar-refractivity contribution < 1.29 is 14.3 Å². The molecule has 0 bridgehead atoms. The van der Waals surface area contributed by atoms with Crippen molar-refractivity contribution in [3.05, 3.63) is 18.8 Å². The second kappa shape index (κ2) is 6.85. The van der Waals surface area contributed by atoms with Crippen LogP contribution in [-0.2, 0) is 14.3 Å². The van der Waals surface area contributed by atoms with Gasteiger partial charge in [-0.25, -0.2) is 4.79 Å². The minimum absolute atomic E-state index is 0.326. The summed E-state index contributed by atoms with van der Waals surface area (Å²) in [5.74, 6) is -0.326. The van der Waals surface area contributed by atoms with Crippen LogP contribution in [0.3, 0.4) is 0 Å². The summed E-state index contributed by atoms with van der Waals surface area (Å²) in [6.45, 7) is 7.19. The molecule has 0 amide bonds. The average molecular weight is 171 g/mol. The molecule has 0 aromatic heterocycles. The first-order valence-electron chi connectivity index (χ1n) is 3.85. The van der Waals surface area contributed by atoms with Crippen molar-refractivity contribution in [2.75, 3.05) is 13.7 Å². The van der Waals surface area contributed by atoms with Crippen LogP contribution in [0.5, 0.6) is 0 Å². The molecule has 0 aromatic rings. The molecule has 0 aromatic carbocycles. The van der Waals surface area contributed by atoms with Crippen molar-refractivity contribution in [2.45, 2.75) is 19.8 Å². The van der Waals surface area contributed by atoms with Crippen LogP contribution in [0.1, 0.15) is 19.8 Å². The van der Waals surface area contributed by atoms with Crippen molar-refractivity contribution in [1.82, 2.24) is 0 Å². The fourth-order valence-electron chi connectivity index (χ4n) is 0.573. The molecule has 69 valence electrons. The lowest BCUT2D eigenvalue weighted by Crippen LogP contribution is -2.06. The standard InChI is InChI=1S/C9H15O3/c1-8(2)9(10)12-7-5-4-6-11-3/h6H,1,4-5,7H2,2-3H3. The molecule has 0 N–H and O–H groups in total. The topological polar surface area (TPSA) is 35.5 Å². The molecule has 0 heterocycles. The highest BCUT2D eigenvalue weighted by atomic mass is 16.5. The van der Waals surface area contributed by atoms with Gasteiger partial charge >= 0.3 is 5.97 Å². The number of hydrogen-bond donors (Lipinski definition) is 0. The molecule has 0 saturated heterocycles. The van der Waals surface area contributed by atoms with Gasteiger partial charge in [-0.15, -0.1) is 0 Å². The van der Waals surface area contributed by atoms with E-state index in [1.54, 1.807) is 20.6 Å². The summed E-state index contributed by atoms with van der Waals surface area (Å²) >= 11 is 0. The van der Waals surface area contributed by atoms with Crippen molar-refractivity contribution in [3.63, 3.8) is 0 Å². The van der Waals surface area contributed by atoms with Crippen molar-refractivity contribution >= 4 is 5.97 Å². The Labute approximate surface area is 73.4 Å². The lowest BCUT2D eigenvalue weighted by atomic mass is 10.3. The van der Waals surface area contributed by atoms with Crippen LogP contribution < -0.4 is 0 Å². The molecule has 1 radical (unpaired) electrons. The van der Waals surface area contributed by atoms with Gasteiger partial charge in [-0.05, 0) is 19.8 Å². The van der Waals surface area contributed by atoms with Gasteiger partial charge in [-0.2, -0.15) is 0 Å². The highest BCUT2D eigenvalue weighted by Gasteiger charge is 2.01. The molecule has 0 unspecified atom stereocenters. The van der Waals surface area contributed by atoms with Crippen LogP contribution in [0.25, 0.3) is 0 Å². The van der Waals surface area contributed by atoms with E-state index in [1.807, 2.05) is 0 Å². The first kappa shape index (κ1) is 11.2. The lowest BCUT2D eigenvalue weighted by Gasteiger charge is -2.02. The summed E-state index contributed by atoms with van der Waals surface area (Å²) in [4.78, 5) is 10.8. The molecule has 0 fully saturated rings. The van der Waals surface area contributed by atoms with Crippen LogP contribution in [0, 0.1) is 6.61 Å². The molecule has 0 atom stereocenters. The van der Waals surface area contributed by atoms with E-state index >= 15 is 0 Å². The Balaban J connectivity index is 3.20. The Morgan fingerprint density at radius 1 is 1.58 bits per heavy atom. The fraction of sp³-hybridized carbons (Fsp3) is 0.556. The largest absolute Gasteiger partial charge is 0.462 e. The smallest absolute Gasteiger partial charge is 0.333 e. The van der Waals surface area contributed by atoms with E-state index in [1.165, 1.54) is 0 Å². The molecular weight excluding hydrogens is 156 g/mol. The van der Waals surface area contributed by atoms with Crippen LogP contribution in [-0.4, -0.2) is 19.7 Å². The van der Waals surface area contributed by atoms with E-state index in [0.717, 1.165) is 12.8 Å². The Kier molecular flexibility index (Phi) is 6.38. The summed E-state index contributed by atoms with van der Waals surface area (Å²) < 4.78 is 9.55. The number of unbranched alkanes of at least 4 members (excludes halogenated alkanes) is 1. The summed E-state index contributed by atoms with van der Waals surface area (Å²) in [6.07, 6.45) is 1.58. The molecule has 3 nitrogen and oxygen atoms in total. The molecule has 0 aliphatic heterocycles. The normalized spacial score (nSPS) is 9.50. The third-order valence-corrected chi connectivity index (χ3v) is 1.21. The number of hydrogen-bond acceptors (Lipinski definition) is 3. The molecular formula is C9H15O3. The second-order valence-corrected chi connectivity index (χ2v) is 2.46. The average Bonchev–Trinajstić information content (AvgIpc) is 2.03. The fourth-order valence-corrected chi connectivity index (χ4v) is 0.573. The first-order valence-corrected chi connectivity index (χ1v) is 3.85. The molecule has 12 heavy (non-hydrogen) atoms. The third-order valence-electron chi connectivity index (χ3n) is 1.21. The predicted octanol–water partition coefficient (Wildman–Crippen LogP) is 1.69. The van der Waals surface area contributed by atoms with E-state index in [4.69, 9.17) is 9.47 Å². The van der Waals surface area contributed by atoms with Crippen LogP contribution in [0.4, 0.5) is 0 Å². The summed E-state index contributed by atoms with van der Waals surface area (Å²) in [7, 11) is 1.60. The molecule has 0 rings (SSSR count). The van der Waals surface area contributed by atoms with Gasteiger partial charge in [0.1, 0.15) is 0 Å². The predicted molar refractivity (Wildman–Crippen MR) is 46.3 cm³/mol. The first-order chi connectivity index (χ1) is 5.68. The zero-order valence-corrected chi connectivity index (χ0v) is 7.63. The third kappa shape index (κ3) is 5.92. The van der Waals surface area contributed by atoms with Crippen LogP contribution >= 0.6 is 0 Å². The summed E-state index contributed by atoms with van der Waals surface area (Å²) in [5, 5.41) is 0. The van der Waals surface area contributed by atoms with E-state index in [0.29, 0.717) is 12.2 Å². The van der Waals surface area contributed by atoms with E-state index < -0.39 is 0 Å². The summed E-state index contributed by atoms with van der Waals surface area (Å²) in [6, 6.07) is 0.